The summed E-state index contributed by atoms with van der Waals surface area (Å²) in [4.78, 5) is 11.5. The van der Waals surface area contributed by atoms with Gasteiger partial charge in [-0.2, -0.15) is 9.97 Å². The van der Waals surface area contributed by atoms with Gasteiger partial charge in [-0.15, -0.1) is 4.98 Å². The molecule has 7 heteroatoms. The zero-order valence-electron chi connectivity index (χ0n) is 9.43. The summed E-state index contributed by atoms with van der Waals surface area (Å²) >= 11 is 11.6. The monoisotopic (exact) mass is 285 g/mol. The molecule has 0 saturated carbocycles. The molecule has 0 amide bonds. The average Bonchev–Trinajstić information content (AvgIpc) is 2.36. The van der Waals surface area contributed by atoms with Crippen LogP contribution in [0.3, 0.4) is 0 Å². The molecule has 1 heterocycles. The Kier molecular flexibility index (Phi) is 4.17. The zero-order chi connectivity index (χ0) is 13.0. The molecule has 0 bridgehead atoms. The second kappa shape index (κ2) is 5.84. The van der Waals surface area contributed by atoms with E-state index in [2.05, 4.69) is 15.0 Å². The summed E-state index contributed by atoms with van der Waals surface area (Å²) < 4.78 is 10.2. The molecule has 2 aromatic rings. The highest BCUT2D eigenvalue weighted by molar-refractivity contribution is 6.30. The average molecular weight is 286 g/mol. The lowest BCUT2D eigenvalue weighted by Gasteiger charge is -2.05. The van der Waals surface area contributed by atoms with Crippen LogP contribution >= 0.6 is 23.2 Å². The van der Waals surface area contributed by atoms with Gasteiger partial charge in [0.15, 0.2) is 0 Å². The molecule has 94 valence electrons. The highest BCUT2D eigenvalue weighted by Crippen LogP contribution is 2.15. The van der Waals surface area contributed by atoms with Crippen molar-refractivity contribution in [1.29, 1.82) is 0 Å². The summed E-state index contributed by atoms with van der Waals surface area (Å²) in [6.07, 6.45) is 0. The van der Waals surface area contributed by atoms with Crippen molar-refractivity contribution in [3.63, 3.8) is 0 Å². The topological polar surface area (TPSA) is 57.1 Å². The Hall–Kier alpha value is -1.59. The number of hydrogen-bond donors (Lipinski definition) is 0. The number of aromatic nitrogens is 3. The second-order valence-corrected chi connectivity index (χ2v) is 4.07. The first kappa shape index (κ1) is 12.9. The van der Waals surface area contributed by atoms with E-state index in [0.717, 1.165) is 5.56 Å². The van der Waals surface area contributed by atoms with Gasteiger partial charge in [-0.25, -0.2) is 0 Å². The SMILES string of the molecule is COc1nc(Cl)nc(OCc2cccc(Cl)c2)n1. The maximum absolute atomic E-state index is 5.86. The normalized spacial score (nSPS) is 10.2. The van der Waals surface area contributed by atoms with Crippen LogP contribution in [0.1, 0.15) is 5.56 Å². The van der Waals surface area contributed by atoms with Crippen LogP contribution in [0, 0.1) is 0 Å². The number of methoxy groups -OCH3 is 1. The Labute approximate surface area is 114 Å². The minimum Gasteiger partial charge on any atom is -0.467 e. The smallest absolute Gasteiger partial charge is 0.324 e. The molecule has 0 saturated heterocycles. The van der Waals surface area contributed by atoms with Crippen molar-refractivity contribution in [2.45, 2.75) is 6.61 Å². The van der Waals surface area contributed by atoms with Gasteiger partial charge in [-0.3, -0.25) is 0 Å². The molecule has 0 aliphatic heterocycles. The molecule has 0 aliphatic carbocycles. The van der Waals surface area contributed by atoms with Crippen LogP contribution < -0.4 is 9.47 Å². The Balaban J connectivity index is 2.08. The molecule has 5 nitrogen and oxygen atoms in total. The molecule has 0 aliphatic rings. The van der Waals surface area contributed by atoms with Gasteiger partial charge < -0.3 is 9.47 Å². The standard InChI is InChI=1S/C11H9Cl2N3O2/c1-17-10-14-9(13)15-11(16-10)18-6-7-3-2-4-8(12)5-7/h2-5H,6H2,1H3. The van der Waals surface area contributed by atoms with E-state index < -0.39 is 0 Å². The first-order chi connectivity index (χ1) is 8.67. The van der Waals surface area contributed by atoms with Crippen LogP contribution in [0.15, 0.2) is 24.3 Å². The number of benzene rings is 1. The predicted octanol–water partition coefficient (Wildman–Crippen LogP) is 2.77. The summed E-state index contributed by atoms with van der Waals surface area (Å²) in [5.74, 6) is 0. The van der Waals surface area contributed by atoms with Gasteiger partial charge in [0.1, 0.15) is 6.61 Å². The predicted molar refractivity (Wildman–Crippen MR) is 67.2 cm³/mol. The molecule has 2 rings (SSSR count). The Morgan fingerprint density at radius 3 is 2.61 bits per heavy atom. The summed E-state index contributed by atoms with van der Waals surface area (Å²) in [6.45, 7) is 0.282. The Morgan fingerprint density at radius 2 is 1.89 bits per heavy atom. The van der Waals surface area contributed by atoms with Gasteiger partial charge in [-0.05, 0) is 29.3 Å². The van der Waals surface area contributed by atoms with E-state index in [0.29, 0.717) is 5.02 Å². The van der Waals surface area contributed by atoms with Crippen molar-refractivity contribution in [3.05, 3.63) is 40.1 Å². The number of halogens is 2. The minimum atomic E-state index is 0.0166. The van der Waals surface area contributed by atoms with Gasteiger partial charge in [-0.1, -0.05) is 23.7 Å². The lowest BCUT2D eigenvalue weighted by atomic mass is 10.2. The fourth-order valence-corrected chi connectivity index (χ4v) is 1.60. The summed E-state index contributed by atoms with van der Waals surface area (Å²) in [7, 11) is 1.44. The largest absolute Gasteiger partial charge is 0.467 e. The lowest BCUT2D eigenvalue weighted by molar-refractivity contribution is 0.270. The van der Waals surface area contributed by atoms with Crippen molar-refractivity contribution < 1.29 is 9.47 Å². The van der Waals surface area contributed by atoms with Crippen LogP contribution in [0.5, 0.6) is 12.0 Å². The molecule has 18 heavy (non-hydrogen) atoms. The van der Waals surface area contributed by atoms with Crippen LogP contribution in [-0.4, -0.2) is 22.1 Å². The van der Waals surface area contributed by atoms with Gasteiger partial charge in [0.25, 0.3) is 0 Å². The summed E-state index contributed by atoms with van der Waals surface area (Å²) in [5.41, 5.74) is 0.901. The fraction of sp³-hybridized carbons (Fsp3) is 0.182. The number of hydrogen-bond acceptors (Lipinski definition) is 5. The van der Waals surface area contributed by atoms with Gasteiger partial charge in [0.05, 0.1) is 7.11 Å². The van der Waals surface area contributed by atoms with E-state index in [1.54, 1.807) is 12.1 Å². The maximum Gasteiger partial charge on any atom is 0.324 e. The molecule has 0 spiro atoms. The molecule has 0 atom stereocenters. The zero-order valence-corrected chi connectivity index (χ0v) is 10.9. The van der Waals surface area contributed by atoms with Crippen molar-refractivity contribution >= 4 is 23.2 Å². The molecular formula is C11H9Cl2N3O2. The first-order valence-electron chi connectivity index (χ1n) is 5.00. The van der Waals surface area contributed by atoms with E-state index in [1.807, 2.05) is 12.1 Å². The van der Waals surface area contributed by atoms with Gasteiger partial charge in [0, 0.05) is 5.02 Å². The molecule has 1 aromatic carbocycles. The summed E-state index contributed by atoms with van der Waals surface area (Å²) in [5, 5.41) is 0.658. The van der Waals surface area contributed by atoms with Crippen molar-refractivity contribution in [2.24, 2.45) is 0 Å². The molecule has 0 unspecified atom stereocenters. The summed E-state index contributed by atoms with van der Waals surface area (Å²) in [6, 6.07) is 7.51. The van der Waals surface area contributed by atoms with Crippen molar-refractivity contribution in [2.75, 3.05) is 7.11 Å². The van der Waals surface area contributed by atoms with Crippen LogP contribution in [-0.2, 0) is 6.61 Å². The van der Waals surface area contributed by atoms with Crippen molar-refractivity contribution in [1.82, 2.24) is 15.0 Å². The van der Waals surface area contributed by atoms with E-state index in [1.165, 1.54) is 7.11 Å². The highest BCUT2D eigenvalue weighted by Gasteiger charge is 2.06. The van der Waals surface area contributed by atoms with E-state index in [4.69, 9.17) is 32.7 Å². The van der Waals surface area contributed by atoms with Crippen LogP contribution in [0.25, 0.3) is 0 Å². The van der Waals surface area contributed by atoms with E-state index in [9.17, 15) is 0 Å². The third kappa shape index (κ3) is 3.45. The third-order valence-corrected chi connectivity index (χ3v) is 2.41. The molecule has 1 aromatic heterocycles. The molecule has 0 radical (unpaired) electrons. The van der Waals surface area contributed by atoms with E-state index in [-0.39, 0.29) is 23.9 Å². The highest BCUT2D eigenvalue weighted by atomic mass is 35.5. The number of ether oxygens (including phenoxy) is 2. The van der Waals surface area contributed by atoms with Crippen molar-refractivity contribution in [3.8, 4) is 12.0 Å². The minimum absolute atomic E-state index is 0.0166. The second-order valence-electron chi connectivity index (χ2n) is 3.29. The molecule has 0 fully saturated rings. The van der Waals surface area contributed by atoms with Gasteiger partial charge in [0.2, 0.25) is 5.28 Å². The first-order valence-corrected chi connectivity index (χ1v) is 5.76. The van der Waals surface area contributed by atoms with Crippen LogP contribution in [0.4, 0.5) is 0 Å². The molecular weight excluding hydrogens is 277 g/mol. The Morgan fingerprint density at radius 1 is 1.11 bits per heavy atom. The lowest BCUT2D eigenvalue weighted by Crippen LogP contribution is -2.02. The molecule has 0 N–H and O–H groups in total. The quantitative estimate of drug-likeness (QED) is 0.865. The fourth-order valence-electron chi connectivity index (χ4n) is 1.25. The van der Waals surface area contributed by atoms with E-state index >= 15 is 0 Å². The Bertz CT molecular complexity index is 552. The number of rotatable bonds is 4. The number of nitrogens with zero attached hydrogens (tertiary/aromatic N) is 3. The van der Waals surface area contributed by atoms with Crippen LogP contribution in [0.2, 0.25) is 10.3 Å². The third-order valence-electron chi connectivity index (χ3n) is 2.01. The van der Waals surface area contributed by atoms with Gasteiger partial charge >= 0.3 is 12.0 Å². The maximum atomic E-state index is 5.86.